The van der Waals surface area contributed by atoms with Crippen molar-refractivity contribution in [2.75, 3.05) is 18.1 Å². The third-order valence-electron chi connectivity index (χ3n) is 3.94. The maximum atomic E-state index is 12.5. The van der Waals surface area contributed by atoms with Crippen LogP contribution in [-0.2, 0) is 14.8 Å². The Labute approximate surface area is 140 Å². The number of hydrogen-bond acceptors (Lipinski definition) is 5. The van der Waals surface area contributed by atoms with E-state index < -0.39 is 16.1 Å². The van der Waals surface area contributed by atoms with E-state index in [4.69, 9.17) is 0 Å². The normalized spacial score (nSPS) is 19.1. The zero-order chi connectivity index (χ0) is 17.2. The predicted molar refractivity (Wildman–Crippen MR) is 89.2 cm³/mol. The van der Waals surface area contributed by atoms with Crippen molar-refractivity contribution < 1.29 is 13.2 Å². The van der Waals surface area contributed by atoms with Crippen LogP contribution in [0.4, 0.5) is 5.69 Å². The highest BCUT2D eigenvalue weighted by Crippen LogP contribution is 2.21. The molecule has 0 radical (unpaired) electrons. The second-order valence-corrected chi connectivity index (χ2v) is 7.67. The smallest absolute Gasteiger partial charge is 0.242 e. The summed E-state index contributed by atoms with van der Waals surface area (Å²) in [5.41, 5.74) is 0.523. The predicted octanol–water partition coefficient (Wildman–Crippen LogP) is 1.02. The molecule has 128 valence electrons. The summed E-state index contributed by atoms with van der Waals surface area (Å²) in [5, 5.41) is 6.83. The van der Waals surface area contributed by atoms with Gasteiger partial charge < -0.3 is 5.32 Å². The van der Waals surface area contributed by atoms with E-state index in [2.05, 4.69) is 15.4 Å². The summed E-state index contributed by atoms with van der Waals surface area (Å²) in [4.78, 5) is 16.7. The summed E-state index contributed by atoms with van der Waals surface area (Å²) in [5.74, 6) is 0.308. The van der Waals surface area contributed by atoms with E-state index >= 15 is 0 Å². The Kier molecular flexibility index (Phi) is 4.63. The minimum atomic E-state index is -3.40. The van der Waals surface area contributed by atoms with Gasteiger partial charge in [-0.05, 0) is 31.0 Å². The summed E-state index contributed by atoms with van der Waals surface area (Å²) in [6, 6.07) is 4.58. The summed E-state index contributed by atoms with van der Waals surface area (Å²) >= 11 is 0. The summed E-state index contributed by atoms with van der Waals surface area (Å²) in [6.45, 7) is 0.382. The Hall–Kier alpha value is -2.26. The molecule has 1 fully saturated rings. The Morgan fingerprint density at radius 1 is 1.33 bits per heavy atom. The maximum Gasteiger partial charge on any atom is 0.242 e. The SMILES string of the molecule is CS(=O)(=O)N1CCCCC1C(=O)Nc1ccc(-n2cccn2)nc1. The van der Waals surface area contributed by atoms with Gasteiger partial charge in [-0.3, -0.25) is 4.79 Å². The maximum absolute atomic E-state index is 12.5. The van der Waals surface area contributed by atoms with Crippen LogP contribution < -0.4 is 5.32 Å². The van der Waals surface area contributed by atoms with Gasteiger partial charge in [0.1, 0.15) is 6.04 Å². The number of pyridine rings is 1. The molecule has 2 aromatic heterocycles. The molecule has 2 aromatic rings. The fourth-order valence-electron chi connectivity index (χ4n) is 2.79. The Morgan fingerprint density at radius 2 is 2.17 bits per heavy atom. The van der Waals surface area contributed by atoms with Crippen molar-refractivity contribution in [3.63, 3.8) is 0 Å². The minimum Gasteiger partial charge on any atom is -0.323 e. The summed E-state index contributed by atoms with van der Waals surface area (Å²) in [6.07, 6.45) is 8.23. The van der Waals surface area contributed by atoms with Gasteiger partial charge >= 0.3 is 0 Å². The topological polar surface area (TPSA) is 97.2 Å². The van der Waals surface area contributed by atoms with Crippen LogP contribution in [0.2, 0.25) is 0 Å². The molecule has 1 atom stereocenters. The first-order valence-electron chi connectivity index (χ1n) is 7.69. The molecule has 0 spiro atoms. The van der Waals surface area contributed by atoms with E-state index in [1.807, 2.05) is 0 Å². The molecule has 0 aromatic carbocycles. The number of rotatable bonds is 4. The molecule has 0 aliphatic carbocycles. The third-order valence-corrected chi connectivity index (χ3v) is 5.23. The van der Waals surface area contributed by atoms with E-state index in [1.165, 1.54) is 10.5 Å². The van der Waals surface area contributed by atoms with Crippen molar-refractivity contribution >= 4 is 21.6 Å². The fourth-order valence-corrected chi connectivity index (χ4v) is 3.91. The molecular weight excluding hydrogens is 330 g/mol. The van der Waals surface area contributed by atoms with Crippen molar-refractivity contribution in [1.82, 2.24) is 19.1 Å². The van der Waals surface area contributed by atoms with Gasteiger partial charge in [0.25, 0.3) is 0 Å². The highest BCUT2D eigenvalue weighted by atomic mass is 32.2. The summed E-state index contributed by atoms with van der Waals surface area (Å²) in [7, 11) is -3.40. The second-order valence-electron chi connectivity index (χ2n) is 5.73. The first-order valence-corrected chi connectivity index (χ1v) is 9.54. The van der Waals surface area contributed by atoms with Crippen molar-refractivity contribution in [2.24, 2.45) is 0 Å². The average molecular weight is 349 g/mol. The van der Waals surface area contributed by atoms with Crippen LogP contribution in [0.1, 0.15) is 19.3 Å². The molecule has 1 amide bonds. The van der Waals surface area contributed by atoms with Gasteiger partial charge in [0.05, 0.1) is 18.1 Å². The molecule has 1 unspecified atom stereocenters. The molecule has 9 heteroatoms. The van der Waals surface area contributed by atoms with Crippen LogP contribution in [0.25, 0.3) is 5.82 Å². The van der Waals surface area contributed by atoms with Crippen molar-refractivity contribution in [3.05, 3.63) is 36.8 Å². The van der Waals surface area contributed by atoms with E-state index in [9.17, 15) is 13.2 Å². The number of nitrogens with one attached hydrogen (secondary N) is 1. The first-order chi connectivity index (χ1) is 11.4. The molecule has 1 aliphatic heterocycles. The van der Waals surface area contributed by atoms with Crippen LogP contribution in [0.15, 0.2) is 36.8 Å². The van der Waals surface area contributed by atoms with Crippen LogP contribution in [0.3, 0.4) is 0 Å². The monoisotopic (exact) mass is 349 g/mol. The van der Waals surface area contributed by atoms with Gasteiger partial charge in [-0.15, -0.1) is 0 Å². The standard InChI is InChI=1S/C15H19N5O3S/c1-24(22,23)20-10-3-2-5-13(20)15(21)18-12-6-7-14(16-11-12)19-9-4-8-17-19/h4,6-9,11,13H,2-3,5,10H2,1H3,(H,18,21). The van der Waals surface area contributed by atoms with E-state index in [1.54, 1.807) is 35.3 Å². The number of aromatic nitrogens is 3. The molecule has 3 rings (SSSR count). The zero-order valence-electron chi connectivity index (χ0n) is 13.3. The van der Waals surface area contributed by atoms with Gasteiger partial charge in [0.2, 0.25) is 15.9 Å². The van der Waals surface area contributed by atoms with Crippen LogP contribution >= 0.6 is 0 Å². The Bertz CT molecular complexity index is 802. The van der Waals surface area contributed by atoms with Crippen LogP contribution in [-0.4, -0.2) is 52.2 Å². The Morgan fingerprint density at radius 3 is 2.79 bits per heavy atom. The quantitative estimate of drug-likeness (QED) is 0.889. The number of amides is 1. The lowest BCUT2D eigenvalue weighted by Crippen LogP contribution is -2.49. The number of nitrogens with zero attached hydrogens (tertiary/aromatic N) is 4. The first kappa shape index (κ1) is 16.6. The van der Waals surface area contributed by atoms with E-state index in [-0.39, 0.29) is 5.91 Å². The highest BCUT2D eigenvalue weighted by Gasteiger charge is 2.34. The fraction of sp³-hybridized carbons (Fsp3) is 0.400. The molecule has 0 saturated carbocycles. The number of anilines is 1. The van der Waals surface area contributed by atoms with Gasteiger partial charge in [0.15, 0.2) is 5.82 Å². The zero-order valence-corrected chi connectivity index (χ0v) is 14.1. The molecule has 8 nitrogen and oxygen atoms in total. The molecule has 1 saturated heterocycles. The number of piperidine rings is 1. The number of hydrogen-bond donors (Lipinski definition) is 1. The number of carbonyl (C=O) groups excluding carboxylic acids is 1. The van der Waals surface area contributed by atoms with Crippen molar-refractivity contribution in [1.29, 1.82) is 0 Å². The largest absolute Gasteiger partial charge is 0.323 e. The third kappa shape index (κ3) is 3.62. The lowest BCUT2D eigenvalue weighted by molar-refractivity contribution is -0.120. The molecule has 1 N–H and O–H groups in total. The van der Waals surface area contributed by atoms with Crippen LogP contribution in [0.5, 0.6) is 0 Å². The number of sulfonamides is 1. The lowest BCUT2D eigenvalue weighted by atomic mass is 10.0. The highest BCUT2D eigenvalue weighted by molar-refractivity contribution is 7.88. The van der Waals surface area contributed by atoms with Crippen molar-refractivity contribution in [3.8, 4) is 5.82 Å². The molecule has 0 bridgehead atoms. The Balaban J connectivity index is 1.72. The lowest BCUT2D eigenvalue weighted by Gasteiger charge is -2.32. The van der Waals surface area contributed by atoms with E-state index in [0.717, 1.165) is 19.1 Å². The van der Waals surface area contributed by atoms with Gasteiger partial charge in [-0.2, -0.15) is 9.40 Å². The molecule has 3 heterocycles. The van der Waals surface area contributed by atoms with Gasteiger partial charge in [-0.25, -0.2) is 18.1 Å². The van der Waals surface area contributed by atoms with Crippen LogP contribution in [0, 0.1) is 0 Å². The average Bonchev–Trinajstić information content (AvgIpc) is 3.09. The second kappa shape index (κ2) is 6.70. The van der Waals surface area contributed by atoms with Crippen molar-refractivity contribution in [2.45, 2.75) is 25.3 Å². The number of carbonyl (C=O) groups is 1. The molecule has 1 aliphatic rings. The van der Waals surface area contributed by atoms with Gasteiger partial charge in [0, 0.05) is 18.9 Å². The molecular formula is C15H19N5O3S. The minimum absolute atomic E-state index is 0.325. The van der Waals surface area contributed by atoms with Gasteiger partial charge in [-0.1, -0.05) is 6.42 Å². The molecule has 24 heavy (non-hydrogen) atoms. The summed E-state index contributed by atoms with van der Waals surface area (Å²) < 4.78 is 26.6. The van der Waals surface area contributed by atoms with E-state index in [0.29, 0.717) is 24.5 Å².